The third-order valence-corrected chi connectivity index (χ3v) is 4.86. The van der Waals surface area contributed by atoms with E-state index in [1.807, 2.05) is 0 Å². The molecule has 5 nitrogen and oxygen atoms in total. The number of anilines is 1. The molecule has 1 fully saturated rings. The number of piperazine rings is 1. The SMILES string of the molecule is C[NH+]1CCN(c2c(C(=O)O)cnc3c(Cl)c(Cl)ccc23)CC1. The standard InChI is InChI=1S/C15H15Cl2N3O2/c1-19-4-6-20(7-5-19)14-9-2-3-11(16)12(17)13(9)18-8-10(14)15(21)22/h2-3,8H,4-7H2,1H3,(H,21,22)/p+1. The van der Waals surface area contributed by atoms with E-state index in [1.54, 1.807) is 12.1 Å². The van der Waals surface area contributed by atoms with Gasteiger partial charge in [-0.25, -0.2) is 4.79 Å². The average molecular weight is 341 g/mol. The van der Waals surface area contributed by atoms with Crippen LogP contribution >= 0.6 is 23.2 Å². The first-order valence-electron chi connectivity index (χ1n) is 7.05. The summed E-state index contributed by atoms with van der Waals surface area (Å²) in [4.78, 5) is 19.3. The molecule has 1 aliphatic rings. The zero-order valence-electron chi connectivity index (χ0n) is 12.1. The molecule has 2 aromatic rings. The van der Waals surface area contributed by atoms with E-state index in [9.17, 15) is 9.90 Å². The largest absolute Gasteiger partial charge is 0.478 e. The van der Waals surface area contributed by atoms with E-state index in [-0.39, 0.29) is 5.56 Å². The number of nitrogens with zero attached hydrogens (tertiary/aromatic N) is 2. The minimum Gasteiger partial charge on any atom is -0.478 e. The highest BCUT2D eigenvalue weighted by atomic mass is 35.5. The van der Waals surface area contributed by atoms with Crippen molar-refractivity contribution in [2.24, 2.45) is 0 Å². The van der Waals surface area contributed by atoms with Gasteiger partial charge < -0.3 is 14.9 Å². The highest BCUT2D eigenvalue weighted by molar-refractivity contribution is 6.45. The number of carboxylic acids is 1. The Hall–Kier alpha value is -1.56. The molecule has 7 heteroatoms. The van der Waals surface area contributed by atoms with Gasteiger partial charge in [0.15, 0.2) is 0 Å². The summed E-state index contributed by atoms with van der Waals surface area (Å²) in [5.41, 5.74) is 1.43. The Bertz CT molecular complexity index is 743. The van der Waals surface area contributed by atoms with E-state index in [2.05, 4.69) is 16.9 Å². The molecule has 0 spiro atoms. The molecule has 1 saturated heterocycles. The predicted molar refractivity (Wildman–Crippen MR) is 87.6 cm³/mol. The lowest BCUT2D eigenvalue weighted by atomic mass is 10.1. The number of fused-ring (bicyclic) bond motifs is 1. The number of nitrogens with one attached hydrogen (secondary N) is 1. The number of aromatic nitrogens is 1. The summed E-state index contributed by atoms with van der Waals surface area (Å²) in [5, 5.41) is 11.0. The fraction of sp³-hybridized carbons (Fsp3) is 0.333. The van der Waals surface area contributed by atoms with Gasteiger partial charge in [0.2, 0.25) is 0 Å². The molecule has 0 amide bonds. The highest BCUT2D eigenvalue weighted by Crippen LogP contribution is 2.36. The van der Waals surface area contributed by atoms with Crippen molar-refractivity contribution in [2.45, 2.75) is 0 Å². The van der Waals surface area contributed by atoms with Crippen molar-refractivity contribution in [3.05, 3.63) is 33.9 Å². The van der Waals surface area contributed by atoms with Gasteiger partial charge in [-0.1, -0.05) is 23.2 Å². The molecular formula is C15H16Cl2N3O2+. The topological polar surface area (TPSA) is 57.9 Å². The number of aromatic carboxylic acids is 1. The van der Waals surface area contributed by atoms with Crippen LogP contribution in [-0.4, -0.2) is 49.3 Å². The van der Waals surface area contributed by atoms with E-state index in [0.29, 0.717) is 21.2 Å². The number of carboxylic acid groups (broad SMARTS) is 1. The number of likely N-dealkylation sites (N-methyl/N-ethyl adjacent to an activating group) is 1. The summed E-state index contributed by atoms with van der Waals surface area (Å²) in [7, 11) is 2.14. The Kier molecular flexibility index (Phi) is 4.12. The van der Waals surface area contributed by atoms with Gasteiger partial charge >= 0.3 is 5.97 Å². The van der Waals surface area contributed by atoms with Crippen molar-refractivity contribution in [2.75, 3.05) is 38.1 Å². The van der Waals surface area contributed by atoms with Gasteiger partial charge in [0, 0.05) is 11.6 Å². The van der Waals surface area contributed by atoms with Crippen molar-refractivity contribution < 1.29 is 14.8 Å². The first-order chi connectivity index (χ1) is 10.5. The second-order valence-corrected chi connectivity index (χ2v) is 6.31. The van der Waals surface area contributed by atoms with Crippen molar-refractivity contribution in [3.8, 4) is 0 Å². The van der Waals surface area contributed by atoms with Gasteiger partial charge in [0.05, 0.1) is 54.5 Å². The second kappa shape index (κ2) is 5.91. The molecule has 1 aromatic heterocycles. The van der Waals surface area contributed by atoms with Crippen LogP contribution in [0.5, 0.6) is 0 Å². The molecule has 2 N–H and O–H groups in total. The number of carbonyl (C=O) groups is 1. The zero-order chi connectivity index (χ0) is 15.9. The molecule has 0 bridgehead atoms. The molecule has 0 unspecified atom stereocenters. The van der Waals surface area contributed by atoms with Crippen molar-refractivity contribution >= 4 is 45.8 Å². The summed E-state index contributed by atoms with van der Waals surface area (Å²) < 4.78 is 0. The molecule has 116 valence electrons. The van der Waals surface area contributed by atoms with Crippen LogP contribution in [0.3, 0.4) is 0 Å². The summed E-state index contributed by atoms with van der Waals surface area (Å²) >= 11 is 12.3. The molecule has 2 heterocycles. The molecular weight excluding hydrogens is 325 g/mol. The van der Waals surface area contributed by atoms with Gasteiger partial charge in [-0.05, 0) is 12.1 Å². The Balaban J connectivity index is 2.22. The molecule has 0 aliphatic carbocycles. The Morgan fingerprint density at radius 3 is 2.64 bits per heavy atom. The molecule has 22 heavy (non-hydrogen) atoms. The van der Waals surface area contributed by atoms with E-state index in [4.69, 9.17) is 23.2 Å². The molecule has 0 saturated carbocycles. The minimum atomic E-state index is -0.984. The third-order valence-electron chi connectivity index (χ3n) is 4.07. The Morgan fingerprint density at radius 2 is 2.00 bits per heavy atom. The smallest absolute Gasteiger partial charge is 0.339 e. The lowest BCUT2D eigenvalue weighted by Crippen LogP contribution is -3.12. The van der Waals surface area contributed by atoms with Crippen LogP contribution in [0.25, 0.3) is 10.9 Å². The van der Waals surface area contributed by atoms with Crippen LogP contribution in [0.1, 0.15) is 10.4 Å². The quantitative estimate of drug-likeness (QED) is 0.871. The van der Waals surface area contributed by atoms with Crippen LogP contribution in [0, 0.1) is 0 Å². The first kappa shape index (κ1) is 15.3. The fourth-order valence-electron chi connectivity index (χ4n) is 2.80. The third kappa shape index (κ3) is 2.60. The normalized spacial score (nSPS) is 16.2. The summed E-state index contributed by atoms with van der Waals surface area (Å²) in [6, 6.07) is 3.48. The highest BCUT2D eigenvalue weighted by Gasteiger charge is 2.25. The minimum absolute atomic E-state index is 0.199. The number of quaternary nitrogens is 1. The van der Waals surface area contributed by atoms with E-state index in [1.165, 1.54) is 11.1 Å². The number of halogens is 2. The number of pyridine rings is 1. The van der Waals surface area contributed by atoms with E-state index in [0.717, 1.165) is 31.6 Å². The molecule has 0 atom stereocenters. The molecule has 0 radical (unpaired) electrons. The van der Waals surface area contributed by atoms with Crippen molar-refractivity contribution in [1.82, 2.24) is 4.98 Å². The van der Waals surface area contributed by atoms with Gasteiger partial charge in [0.25, 0.3) is 0 Å². The van der Waals surface area contributed by atoms with Gasteiger partial charge in [-0.15, -0.1) is 0 Å². The van der Waals surface area contributed by atoms with Crippen LogP contribution in [-0.2, 0) is 0 Å². The monoisotopic (exact) mass is 340 g/mol. The van der Waals surface area contributed by atoms with Crippen molar-refractivity contribution in [1.29, 1.82) is 0 Å². The molecule has 1 aliphatic heterocycles. The summed E-state index contributed by atoms with van der Waals surface area (Å²) in [6.07, 6.45) is 1.37. The van der Waals surface area contributed by atoms with E-state index < -0.39 is 5.97 Å². The van der Waals surface area contributed by atoms with Gasteiger partial charge in [-0.3, -0.25) is 4.98 Å². The van der Waals surface area contributed by atoms with Gasteiger partial charge in [-0.2, -0.15) is 0 Å². The van der Waals surface area contributed by atoms with Crippen LogP contribution in [0.4, 0.5) is 5.69 Å². The maximum atomic E-state index is 11.6. The molecule has 1 aromatic carbocycles. The number of hydrogen-bond acceptors (Lipinski definition) is 3. The average Bonchev–Trinajstić information content (AvgIpc) is 2.50. The van der Waals surface area contributed by atoms with Crippen molar-refractivity contribution in [3.63, 3.8) is 0 Å². The summed E-state index contributed by atoms with van der Waals surface area (Å²) in [6.45, 7) is 3.52. The number of benzene rings is 1. The molecule has 3 rings (SSSR count). The van der Waals surface area contributed by atoms with Crippen LogP contribution < -0.4 is 9.80 Å². The summed E-state index contributed by atoms with van der Waals surface area (Å²) in [5.74, 6) is -0.984. The predicted octanol–water partition coefficient (Wildman–Crippen LogP) is 1.57. The van der Waals surface area contributed by atoms with Gasteiger partial charge in [0.1, 0.15) is 5.56 Å². The van der Waals surface area contributed by atoms with E-state index >= 15 is 0 Å². The Morgan fingerprint density at radius 1 is 1.32 bits per heavy atom. The fourth-order valence-corrected chi connectivity index (χ4v) is 3.17. The zero-order valence-corrected chi connectivity index (χ0v) is 13.6. The maximum absolute atomic E-state index is 11.6. The van der Waals surface area contributed by atoms with Crippen LogP contribution in [0.15, 0.2) is 18.3 Å². The van der Waals surface area contributed by atoms with Crippen LogP contribution in [0.2, 0.25) is 10.0 Å². The number of hydrogen-bond donors (Lipinski definition) is 2. The number of rotatable bonds is 2. The first-order valence-corrected chi connectivity index (χ1v) is 7.81. The lowest BCUT2D eigenvalue weighted by molar-refractivity contribution is -0.880. The maximum Gasteiger partial charge on any atom is 0.339 e. The lowest BCUT2D eigenvalue weighted by Gasteiger charge is -2.33. The Labute approximate surface area is 138 Å². The second-order valence-electron chi connectivity index (χ2n) is 5.53.